The van der Waals surface area contributed by atoms with Crippen LogP contribution in [0.15, 0.2) is 78.2 Å². The fourth-order valence-corrected chi connectivity index (χ4v) is 3.32. The van der Waals surface area contributed by atoms with Crippen LogP contribution >= 0.6 is 11.8 Å². The molecular weight excluding hydrogens is 347 g/mol. The van der Waals surface area contributed by atoms with Crippen LogP contribution in [0.5, 0.6) is 0 Å². The third kappa shape index (κ3) is 3.81. The Kier molecular flexibility index (Phi) is 4.75. The first kappa shape index (κ1) is 16.5. The lowest BCUT2D eigenvalue weighted by Gasteiger charge is -2.11. The van der Waals surface area contributed by atoms with E-state index < -0.39 is 0 Å². The number of nitrogens with one attached hydrogen (secondary N) is 1. The second-order valence-electron chi connectivity index (χ2n) is 5.65. The molecule has 0 unspecified atom stereocenters. The van der Waals surface area contributed by atoms with Gasteiger partial charge in [-0.2, -0.15) is 0 Å². The molecule has 0 spiro atoms. The van der Waals surface area contributed by atoms with Crippen molar-refractivity contribution in [1.82, 2.24) is 15.0 Å². The van der Waals surface area contributed by atoms with Crippen molar-refractivity contribution in [2.45, 2.75) is 10.9 Å². The lowest BCUT2D eigenvalue weighted by Crippen LogP contribution is -1.99. The molecule has 0 atom stereocenters. The van der Waals surface area contributed by atoms with Gasteiger partial charge in [0.05, 0.1) is 5.52 Å². The smallest absolute Gasteiger partial charge is 0.190 e. The highest BCUT2D eigenvalue weighted by Gasteiger charge is 2.09. The van der Waals surface area contributed by atoms with Crippen molar-refractivity contribution in [2.24, 2.45) is 0 Å². The predicted octanol–water partition coefficient (Wildman–Crippen LogP) is 5.20. The van der Waals surface area contributed by atoms with Gasteiger partial charge in [0.1, 0.15) is 11.6 Å². The van der Waals surface area contributed by atoms with Crippen LogP contribution in [0.4, 0.5) is 15.9 Å². The van der Waals surface area contributed by atoms with Crippen molar-refractivity contribution in [3.05, 3.63) is 84.4 Å². The Balaban J connectivity index is 1.65. The van der Waals surface area contributed by atoms with Crippen LogP contribution in [0.25, 0.3) is 10.9 Å². The fraction of sp³-hybridized carbons (Fsp3) is 0.0500. The summed E-state index contributed by atoms with van der Waals surface area (Å²) in [5.74, 6) is 1.20. The first-order chi connectivity index (χ1) is 12.8. The zero-order chi connectivity index (χ0) is 17.8. The molecule has 0 amide bonds. The van der Waals surface area contributed by atoms with E-state index in [0.717, 1.165) is 27.9 Å². The van der Waals surface area contributed by atoms with Gasteiger partial charge in [0.15, 0.2) is 5.16 Å². The summed E-state index contributed by atoms with van der Waals surface area (Å²) in [5, 5.41) is 4.88. The highest BCUT2D eigenvalue weighted by atomic mass is 32.2. The lowest BCUT2D eigenvalue weighted by atomic mass is 10.2. The van der Waals surface area contributed by atoms with E-state index in [9.17, 15) is 4.39 Å². The average Bonchev–Trinajstić information content (AvgIpc) is 2.69. The number of fused-ring (bicyclic) bond motifs is 1. The lowest BCUT2D eigenvalue weighted by molar-refractivity contribution is 0.628. The minimum absolute atomic E-state index is 0.267. The number of para-hydroxylation sites is 1. The first-order valence-electron chi connectivity index (χ1n) is 8.09. The number of hydrogen-bond acceptors (Lipinski definition) is 5. The molecule has 0 aliphatic heterocycles. The number of benzene rings is 2. The Morgan fingerprint density at radius 1 is 0.885 bits per heavy atom. The number of pyridine rings is 1. The minimum Gasteiger partial charge on any atom is -0.340 e. The summed E-state index contributed by atoms with van der Waals surface area (Å²) < 4.78 is 13.1. The van der Waals surface area contributed by atoms with Gasteiger partial charge in [-0.1, -0.05) is 23.9 Å². The quantitative estimate of drug-likeness (QED) is 0.391. The molecule has 1 N–H and O–H groups in total. The van der Waals surface area contributed by atoms with Crippen molar-refractivity contribution < 1.29 is 4.39 Å². The molecule has 6 heteroatoms. The molecular formula is C20H15FN4S. The summed E-state index contributed by atoms with van der Waals surface area (Å²) in [4.78, 5) is 13.3. The molecule has 0 fully saturated rings. The molecule has 4 rings (SSSR count). The van der Waals surface area contributed by atoms with Gasteiger partial charge >= 0.3 is 0 Å². The summed E-state index contributed by atoms with van der Waals surface area (Å²) >= 11 is 1.57. The minimum atomic E-state index is -0.267. The Morgan fingerprint density at radius 2 is 1.65 bits per heavy atom. The van der Waals surface area contributed by atoms with Gasteiger partial charge in [-0.3, -0.25) is 4.98 Å². The zero-order valence-electron chi connectivity index (χ0n) is 13.8. The van der Waals surface area contributed by atoms with E-state index in [-0.39, 0.29) is 5.82 Å². The second kappa shape index (κ2) is 7.49. The van der Waals surface area contributed by atoms with Crippen LogP contribution in [-0.2, 0) is 5.75 Å². The maximum absolute atomic E-state index is 13.1. The normalized spacial score (nSPS) is 10.8. The molecule has 0 saturated heterocycles. The molecule has 4 aromatic rings. The number of anilines is 2. The van der Waals surface area contributed by atoms with E-state index in [1.165, 1.54) is 12.1 Å². The molecule has 2 aromatic heterocycles. The van der Waals surface area contributed by atoms with Crippen molar-refractivity contribution in [2.75, 3.05) is 5.32 Å². The van der Waals surface area contributed by atoms with Gasteiger partial charge in [0, 0.05) is 29.2 Å². The van der Waals surface area contributed by atoms with E-state index in [1.54, 1.807) is 36.3 Å². The van der Waals surface area contributed by atoms with E-state index in [1.807, 2.05) is 36.4 Å². The van der Waals surface area contributed by atoms with Gasteiger partial charge < -0.3 is 5.32 Å². The topological polar surface area (TPSA) is 50.7 Å². The van der Waals surface area contributed by atoms with Gasteiger partial charge in [-0.25, -0.2) is 14.4 Å². The number of halogens is 1. The summed E-state index contributed by atoms with van der Waals surface area (Å²) in [6.07, 6.45) is 3.55. The van der Waals surface area contributed by atoms with Crippen LogP contribution in [0.3, 0.4) is 0 Å². The number of hydrogen-bond donors (Lipinski definition) is 1. The molecule has 2 aromatic carbocycles. The van der Waals surface area contributed by atoms with Crippen LogP contribution in [0.1, 0.15) is 5.56 Å². The number of aromatic nitrogens is 3. The van der Waals surface area contributed by atoms with E-state index in [4.69, 9.17) is 0 Å². The van der Waals surface area contributed by atoms with Gasteiger partial charge in [0.25, 0.3) is 0 Å². The molecule has 0 aliphatic rings. The molecule has 128 valence electrons. The standard InChI is InChI=1S/C20H15FN4S/c21-15-5-7-16(8-6-15)23-19-17-3-1-2-4-18(17)24-20(25-19)26-13-14-9-11-22-12-10-14/h1-12H,13H2,(H,23,24,25). The van der Waals surface area contributed by atoms with E-state index in [2.05, 4.69) is 20.3 Å². The Labute approximate surface area is 154 Å². The van der Waals surface area contributed by atoms with Crippen LogP contribution in [0.2, 0.25) is 0 Å². The Morgan fingerprint density at radius 3 is 2.46 bits per heavy atom. The van der Waals surface area contributed by atoms with E-state index >= 15 is 0 Å². The predicted molar refractivity (Wildman–Crippen MR) is 103 cm³/mol. The number of thioether (sulfide) groups is 1. The summed E-state index contributed by atoms with van der Waals surface area (Å²) in [7, 11) is 0. The summed E-state index contributed by atoms with van der Waals surface area (Å²) in [6, 6.07) is 18.0. The van der Waals surface area contributed by atoms with Crippen molar-refractivity contribution in [3.63, 3.8) is 0 Å². The molecule has 4 nitrogen and oxygen atoms in total. The molecule has 0 saturated carbocycles. The summed E-state index contributed by atoms with van der Waals surface area (Å²) in [6.45, 7) is 0. The van der Waals surface area contributed by atoms with Gasteiger partial charge in [0.2, 0.25) is 0 Å². The van der Waals surface area contributed by atoms with Crippen LogP contribution < -0.4 is 5.32 Å². The fourth-order valence-electron chi connectivity index (χ4n) is 2.51. The molecule has 2 heterocycles. The van der Waals surface area contributed by atoms with Crippen LogP contribution in [-0.4, -0.2) is 15.0 Å². The van der Waals surface area contributed by atoms with Crippen molar-refractivity contribution in [3.8, 4) is 0 Å². The maximum Gasteiger partial charge on any atom is 0.190 e. The van der Waals surface area contributed by atoms with Crippen LogP contribution in [0, 0.1) is 5.82 Å². The SMILES string of the molecule is Fc1ccc(Nc2nc(SCc3ccncc3)nc3ccccc23)cc1. The zero-order valence-corrected chi connectivity index (χ0v) is 14.6. The third-order valence-electron chi connectivity index (χ3n) is 3.81. The second-order valence-corrected chi connectivity index (χ2v) is 6.59. The third-order valence-corrected chi connectivity index (χ3v) is 4.73. The molecule has 26 heavy (non-hydrogen) atoms. The van der Waals surface area contributed by atoms with Crippen molar-refractivity contribution in [1.29, 1.82) is 0 Å². The average molecular weight is 362 g/mol. The van der Waals surface area contributed by atoms with E-state index in [0.29, 0.717) is 11.0 Å². The number of rotatable bonds is 5. The summed E-state index contributed by atoms with van der Waals surface area (Å²) in [5.41, 5.74) is 2.81. The Hall–Kier alpha value is -2.99. The largest absolute Gasteiger partial charge is 0.340 e. The monoisotopic (exact) mass is 362 g/mol. The highest BCUT2D eigenvalue weighted by molar-refractivity contribution is 7.98. The highest BCUT2D eigenvalue weighted by Crippen LogP contribution is 2.28. The van der Waals surface area contributed by atoms with Gasteiger partial charge in [-0.15, -0.1) is 0 Å². The molecule has 0 aliphatic carbocycles. The van der Waals surface area contributed by atoms with Gasteiger partial charge in [-0.05, 0) is 54.1 Å². The Bertz CT molecular complexity index is 1020. The first-order valence-corrected chi connectivity index (χ1v) is 9.07. The number of nitrogens with zero attached hydrogens (tertiary/aromatic N) is 3. The maximum atomic E-state index is 13.1. The molecule has 0 radical (unpaired) electrons. The van der Waals surface area contributed by atoms with Crippen molar-refractivity contribution >= 4 is 34.2 Å². The molecule has 0 bridgehead atoms.